The van der Waals surface area contributed by atoms with Crippen LogP contribution in [0.4, 0.5) is 16.2 Å². The highest BCUT2D eigenvalue weighted by molar-refractivity contribution is 6.34. The molecule has 1 saturated heterocycles. The molecule has 1 fully saturated rings. The molecule has 2 heterocycles. The smallest absolute Gasteiger partial charge is 0.323 e. The minimum absolute atomic E-state index is 0.308. The van der Waals surface area contributed by atoms with Gasteiger partial charge in [0.2, 0.25) is 5.88 Å². The van der Waals surface area contributed by atoms with Gasteiger partial charge < -0.3 is 29.7 Å². The molecule has 1 aromatic heterocycles. The average molecular weight is 624 g/mol. The number of nitrogens with zero attached hydrogens (tertiary/aromatic N) is 3. The normalized spacial score (nSPS) is 13.0. The van der Waals surface area contributed by atoms with Crippen molar-refractivity contribution in [2.24, 2.45) is 0 Å². The Morgan fingerprint density at radius 1 is 0.889 bits per heavy atom. The Morgan fingerprint density at radius 3 is 2.42 bits per heavy atom. The lowest BCUT2D eigenvalue weighted by Gasteiger charge is -2.16. The summed E-state index contributed by atoms with van der Waals surface area (Å²) in [6, 6.07) is 25.9. The highest BCUT2D eigenvalue weighted by Gasteiger charge is 2.15. The van der Waals surface area contributed by atoms with E-state index in [0.29, 0.717) is 57.0 Å². The second-order valence-corrected chi connectivity index (χ2v) is 11.1. The van der Waals surface area contributed by atoms with Crippen molar-refractivity contribution in [3.63, 3.8) is 0 Å². The molecule has 0 unspecified atom stereocenters. The number of anilines is 2. The average Bonchev–Trinajstić information content (AvgIpc) is 3.59. The Hall–Kier alpha value is -4.86. The standard InChI is InChI=1S/C35H34ClN5O4/c1-43-32-21-28-31(22-33(32)44-19-7-18-41-16-5-6-17-41)37-23-38-34(28)45-27-14-15-30(29(36)20-27)40-35(42)39-26-12-10-25(11-13-26)24-8-3-2-4-9-24/h2-4,8-15,20-23H,5-7,16-19H2,1H3,(H2,39,40,42). The summed E-state index contributed by atoms with van der Waals surface area (Å²) in [6.07, 6.45) is 4.93. The summed E-state index contributed by atoms with van der Waals surface area (Å²) in [6.45, 7) is 3.96. The number of methoxy groups -OCH3 is 1. The first-order valence-corrected chi connectivity index (χ1v) is 15.3. The number of halogens is 1. The van der Waals surface area contributed by atoms with Crippen molar-refractivity contribution in [1.29, 1.82) is 0 Å². The van der Waals surface area contributed by atoms with E-state index in [-0.39, 0.29) is 0 Å². The van der Waals surface area contributed by atoms with Gasteiger partial charge >= 0.3 is 6.03 Å². The van der Waals surface area contributed by atoms with Gasteiger partial charge in [-0.15, -0.1) is 0 Å². The van der Waals surface area contributed by atoms with E-state index >= 15 is 0 Å². The molecule has 9 nitrogen and oxygen atoms in total. The predicted molar refractivity (Wildman–Crippen MR) is 178 cm³/mol. The van der Waals surface area contributed by atoms with Crippen LogP contribution >= 0.6 is 11.6 Å². The summed E-state index contributed by atoms with van der Waals surface area (Å²) in [4.78, 5) is 23.9. The predicted octanol–water partition coefficient (Wildman–Crippen LogP) is 8.26. The fourth-order valence-corrected chi connectivity index (χ4v) is 5.52. The van der Waals surface area contributed by atoms with Crippen LogP contribution in [-0.2, 0) is 0 Å². The number of fused-ring (bicyclic) bond motifs is 1. The van der Waals surface area contributed by atoms with Gasteiger partial charge in [-0.05, 0) is 73.8 Å². The third-order valence-corrected chi connectivity index (χ3v) is 7.92. The number of hydrogen-bond donors (Lipinski definition) is 2. The molecular formula is C35H34ClN5O4. The molecule has 2 N–H and O–H groups in total. The highest BCUT2D eigenvalue weighted by atomic mass is 35.5. The van der Waals surface area contributed by atoms with E-state index in [2.05, 4.69) is 25.5 Å². The lowest BCUT2D eigenvalue weighted by Crippen LogP contribution is -2.21. The maximum absolute atomic E-state index is 12.7. The first kappa shape index (κ1) is 30.2. The van der Waals surface area contributed by atoms with E-state index in [1.807, 2.05) is 66.7 Å². The van der Waals surface area contributed by atoms with E-state index < -0.39 is 6.03 Å². The van der Waals surface area contributed by atoms with Crippen LogP contribution in [0.3, 0.4) is 0 Å². The molecule has 5 aromatic rings. The van der Waals surface area contributed by atoms with Crippen LogP contribution in [0, 0.1) is 0 Å². The number of nitrogens with one attached hydrogen (secondary N) is 2. The van der Waals surface area contributed by atoms with Crippen LogP contribution in [0.2, 0.25) is 5.02 Å². The summed E-state index contributed by atoms with van der Waals surface area (Å²) in [5, 5.41) is 6.59. The van der Waals surface area contributed by atoms with Crippen molar-refractivity contribution in [3.8, 4) is 34.3 Å². The molecule has 6 rings (SSSR count). The van der Waals surface area contributed by atoms with Gasteiger partial charge in [-0.25, -0.2) is 14.8 Å². The molecule has 4 aromatic carbocycles. The molecular weight excluding hydrogens is 590 g/mol. The quantitative estimate of drug-likeness (QED) is 0.143. The molecule has 0 aliphatic carbocycles. The van der Waals surface area contributed by atoms with Gasteiger partial charge in [0.15, 0.2) is 11.5 Å². The van der Waals surface area contributed by atoms with Gasteiger partial charge in [-0.2, -0.15) is 0 Å². The molecule has 2 amide bonds. The summed E-state index contributed by atoms with van der Waals surface area (Å²) in [7, 11) is 1.60. The maximum atomic E-state index is 12.7. The van der Waals surface area contributed by atoms with Crippen molar-refractivity contribution in [1.82, 2.24) is 14.9 Å². The summed E-state index contributed by atoms with van der Waals surface area (Å²) >= 11 is 6.53. The van der Waals surface area contributed by atoms with Crippen LogP contribution < -0.4 is 24.8 Å². The van der Waals surface area contributed by atoms with Crippen molar-refractivity contribution in [2.45, 2.75) is 19.3 Å². The number of hydrogen-bond acceptors (Lipinski definition) is 7. The zero-order chi connectivity index (χ0) is 31.0. The molecule has 230 valence electrons. The molecule has 0 atom stereocenters. The molecule has 0 spiro atoms. The highest BCUT2D eigenvalue weighted by Crippen LogP contribution is 2.37. The number of carbonyl (C=O) groups excluding carboxylic acids is 1. The minimum atomic E-state index is -0.416. The molecule has 10 heteroatoms. The number of urea groups is 1. The maximum Gasteiger partial charge on any atom is 0.323 e. The number of amides is 2. The number of likely N-dealkylation sites (tertiary alicyclic amines) is 1. The van der Waals surface area contributed by atoms with Crippen LogP contribution in [0.5, 0.6) is 23.1 Å². The molecule has 1 aliphatic heterocycles. The van der Waals surface area contributed by atoms with Crippen molar-refractivity contribution < 1.29 is 19.0 Å². The number of aromatic nitrogens is 2. The Balaban J connectivity index is 1.08. The summed E-state index contributed by atoms with van der Waals surface area (Å²) in [5.41, 5.74) is 3.92. The molecule has 0 bridgehead atoms. The third-order valence-electron chi connectivity index (χ3n) is 7.61. The Kier molecular flexibility index (Phi) is 9.58. The number of benzene rings is 4. The third kappa shape index (κ3) is 7.63. The van der Waals surface area contributed by atoms with Crippen molar-refractivity contribution in [3.05, 3.63) is 96.3 Å². The van der Waals surface area contributed by atoms with Gasteiger partial charge in [-0.3, -0.25) is 0 Å². The fraction of sp³-hybridized carbons (Fsp3) is 0.229. The molecule has 45 heavy (non-hydrogen) atoms. The van der Waals surface area contributed by atoms with Gasteiger partial charge in [0, 0.05) is 24.4 Å². The second-order valence-electron chi connectivity index (χ2n) is 10.7. The summed E-state index contributed by atoms with van der Waals surface area (Å²) in [5.74, 6) is 1.98. The minimum Gasteiger partial charge on any atom is -0.493 e. The summed E-state index contributed by atoms with van der Waals surface area (Å²) < 4.78 is 17.8. The topological polar surface area (TPSA) is 97.8 Å². The van der Waals surface area contributed by atoms with E-state index in [4.69, 9.17) is 25.8 Å². The zero-order valence-electron chi connectivity index (χ0n) is 25.0. The van der Waals surface area contributed by atoms with Gasteiger partial charge in [0.1, 0.15) is 12.1 Å². The van der Waals surface area contributed by atoms with Gasteiger partial charge in [0.05, 0.1) is 35.3 Å². The lowest BCUT2D eigenvalue weighted by molar-refractivity contribution is 0.254. The van der Waals surface area contributed by atoms with E-state index in [0.717, 1.165) is 24.1 Å². The Bertz CT molecular complexity index is 1760. The second kappa shape index (κ2) is 14.3. The van der Waals surface area contributed by atoms with Gasteiger partial charge in [-0.1, -0.05) is 54.1 Å². The van der Waals surface area contributed by atoms with Crippen LogP contribution in [0.1, 0.15) is 19.3 Å². The Morgan fingerprint density at radius 2 is 1.67 bits per heavy atom. The first-order valence-electron chi connectivity index (χ1n) is 14.9. The fourth-order valence-electron chi connectivity index (χ4n) is 5.30. The van der Waals surface area contributed by atoms with Crippen LogP contribution in [-0.4, -0.2) is 54.2 Å². The number of ether oxygens (including phenoxy) is 3. The SMILES string of the molecule is COc1cc2c(Oc3ccc(NC(=O)Nc4ccc(-c5ccccc5)cc4)c(Cl)c3)ncnc2cc1OCCCN1CCCC1. The van der Waals surface area contributed by atoms with E-state index in [9.17, 15) is 4.79 Å². The first-order chi connectivity index (χ1) is 22.1. The lowest BCUT2D eigenvalue weighted by atomic mass is 10.1. The zero-order valence-corrected chi connectivity index (χ0v) is 25.7. The Labute approximate surface area is 267 Å². The number of carbonyl (C=O) groups is 1. The van der Waals surface area contributed by atoms with Crippen molar-refractivity contribution >= 4 is 39.9 Å². The molecule has 0 radical (unpaired) electrons. The van der Waals surface area contributed by atoms with Crippen LogP contribution in [0.25, 0.3) is 22.0 Å². The monoisotopic (exact) mass is 623 g/mol. The van der Waals surface area contributed by atoms with E-state index in [1.165, 1.54) is 32.3 Å². The molecule has 1 aliphatic rings. The molecule has 0 saturated carbocycles. The largest absolute Gasteiger partial charge is 0.493 e. The van der Waals surface area contributed by atoms with Crippen molar-refractivity contribution in [2.75, 3.05) is 44.0 Å². The van der Waals surface area contributed by atoms with Gasteiger partial charge in [0.25, 0.3) is 0 Å². The van der Waals surface area contributed by atoms with E-state index in [1.54, 1.807) is 25.3 Å². The van der Waals surface area contributed by atoms with Crippen LogP contribution in [0.15, 0.2) is 91.3 Å². The number of rotatable bonds is 11.